The van der Waals surface area contributed by atoms with Crippen molar-refractivity contribution in [3.8, 4) is 0 Å². The van der Waals surface area contributed by atoms with Gasteiger partial charge in [0.05, 0.1) is 6.10 Å². The van der Waals surface area contributed by atoms with Crippen LogP contribution in [-0.4, -0.2) is 11.2 Å². The van der Waals surface area contributed by atoms with Crippen molar-refractivity contribution >= 4 is 0 Å². The molecule has 3 aliphatic rings. The van der Waals surface area contributed by atoms with Gasteiger partial charge < -0.3 is 5.11 Å². The maximum atomic E-state index is 9.46. The zero-order valence-electron chi connectivity index (χ0n) is 6.12. The Morgan fingerprint density at radius 3 is 2.30 bits per heavy atom. The Bertz CT molecular complexity index is 189. The molecule has 0 aromatic carbocycles. The highest BCUT2D eigenvalue weighted by molar-refractivity contribution is 5.25. The fourth-order valence-electron chi connectivity index (χ4n) is 1.76. The van der Waals surface area contributed by atoms with E-state index < -0.39 is 0 Å². The first-order valence-electron chi connectivity index (χ1n) is 3.76. The van der Waals surface area contributed by atoms with Gasteiger partial charge >= 0.3 is 0 Å². The fourth-order valence-corrected chi connectivity index (χ4v) is 1.76. The molecule has 54 valence electrons. The van der Waals surface area contributed by atoms with Gasteiger partial charge in [0.15, 0.2) is 0 Å². The lowest BCUT2D eigenvalue weighted by atomic mass is 9.70. The summed E-state index contributed by atoms with van der Waals surface area (Å²) in [4.78, 5) is 0. The topological polar surface area (TPSA) is 20.2 Å². The highest BCUT2D eigenvalue weighted by atomic mass is 16.3. The molecule has 0 aromatic rings. The highest BCUT2D eigenvalue weighted by Crippen LogP contribution is 2.39. The molecular weight excluding hydrogens is 124 g/mol. The van der Waals surface area contributed by atoms with Crippen LogP contribution < -0.4 is 0 Å². The van der Waals surface area contributed by atoms with Crippen LogP contribution in [0.2, 0.25) is 0 Å². The molecule has 0 aliphatic heterocycles. The number of aliphatic hydroxyl groups excluding tert-OH is 1. The molecule has 0 aromatic heterocycles. The van der Waals surface area contributed by atoms with E-state index in [4.69, 9.17) is 0 Å². The fraction of sp³-hybridized carbons (Fsp3) is 0.556. The summed E-state index contributed by atoms with van der Waals surface area (Å²) in [5.41, 5.74) is 0.147. The van der Waals surface area contributed by atoms with Crippen molar-refractivity contribution in [3.05, 3.63) is 24.3 Å². The quantitative estimate of drug-likeness (QED) is 0.500. The van der Waals surface area contributed by atoms with Crippen LogP contribution in [0.1, 0.15) is 13.3 Å². The van der Waals surface area contributed by atoms with Gasteiger partial charge in [0, 0.05) is 11.3 Å². The predicted octanol–water partition coefficient (Wildman–Crippen LogP) is 1.50. The van der Waals surface area contributed by atoms with Crippen LogP contribution in [0.5, 0.6) is 0 Å². The van der Waals surface area contributed by atoms with Crippen LogP contribution in [0.3, 0.4) is 0 Å². The van der Waals surface area contributed by atoms with Crippen molar-refractivity contribution in [2.24, 2.45) is 11.3 Å². The second-order valence-corrected chi connectivity index (χ2v) is 3.57. The minimum atomic E-state index is -0.139. The van der Waals surface area contributed by atoms with E-state index in [1.54, 1.807) is 0 Å². The standard InChI is InChI=1S/C9H12O/c1-9-4-2-7(3-5-9)8(10)6-9/h2-5,7-8,10H,6H2,1H3. The van der Waals surface area contributed by atoms with Crippen LogP contribution in [0.4, 0.5) is 0 Å². The number of allylic oxidation sites excluding steroid dienone is 2. The van der Waals surface area contributed by atoms with Gasteiger partial charge in [0.25, 0.3) is 0 Å². The van der Waals surface area contributed by atoms with Crippen LogP contribution in [0.15, 0.2) is 24.3 Å². The summed E-state index contributed by atoms with van der Waals surface area (Å²) in [6.45, 7) is 2.15. The number of fused-ring (bicyclic) bond motifs is 1. The third-order valence-corrected chi connectivity index (χ3v) is 2.49. The second-order valence-electron chi connectivity index (χ2n) is 3.57. The zero-order chi connectivity index (χ0) is 7.19. The molecule has 1 N–H and O–H groups in total. The van der Waals surface area contributed by atoms with Gasteiger partial charge in [-0.3, -0.25) is 0 Å². The van der Waals surface area contributed by atoms with Crippen molar-refractivity contribution in [1.29, 1.82) is 0 Å². The molecule has 1 heteroatoms. The molecular formula is C9H12O. The monoisotopic (exact) mass is 136 g/mol. The van der Waals surface area contributed by atoms with Gasteiger partial charge in [0.2, 0.25) is 0 Å². The highest BCUT2D eigenvalue weighted by Gasteiger charge is 2.33. The third-order valence-electron chi connectivity index (χ3n) is 2.49. The molecule has 2 bridgehead atoms. The molecule has 0 saturated carbocycles. The Balaban J connectivity index is 2.37. The Morgan fingerprint density at radius 2 is 2.00 bits per heavy atom. The SMILES string of the molecule is CC12C=CC(C=C1)C(O)C2. The smallest absolute Gasteiger partial charge is 0.0648 e. The van der Waals surface area contributed by atoms with Gasteiger partial charge in [-0.2, -0.15) is 0 Å². The summed E-state index contributed by atoms with van der Waals surface area (Å²) in [7, 11) is 0. The average molecular weight is 136 g/mol. The minimum Gasteiger partial charge on any atom is -0.392 e. The second kappa shape index (κ2) is 1.73. The first-order valence-corrected chi connectivity index (χ1v) is 3.76. The predicted molar refractivity (Wildman–Crippen MR) is 40.5 cm³/mol. The van der Waals surface area contributed by atoms with Gasteiger partial charge in [-0.05, 0) is 6.42 Å². The average Bonchev–Trinajstić information content (AvgIpc) is 1.87. The largest absolute Gasteiger partial charge is 0.392 e. The molecule has 1 unspecified atom stereocenters. The van der Waals surface area contributed by atoms with E-state index in [0.717, 1.165) is 6.42 Å². The number of hydrogen-bond acceptors (Lipinski definition) is 1. The summed E-state index contributed by atoms with van der Waals surface area (Å²) in [6.07, 6.45) is 9.36. The third kappa shape index (κ3) is 0.739. The number of hydrogen-bond donors (Lipinski definition) is 1. The lowest BCUT2D eigenvalue weighted by molar-refractivity contribution is 0.0962. The molecule has 1 nitrogen and oxygen atoms in total. The molecule has 10 heavy (non-hydrogen) atoms. The lowest BCUT2D eigenvalue weighted by Gasteiger charge is -2.37. The maximum absolute atomic E-state index is 9.46. The van der Waals surface area contributed by atoms with Crippen LogP contribution in [0.25, 0.3) is 0 Å². The van der Waals surface area contributed by atoms with E-state index >= 15 is 0 Å². The molecule has 1 atom stereocenters. The van der Waals surface area contributed by atoms with E-state index in [1.807, 2.05) is 0 Å². The number of aliphatic hydroxyl groups is 1. The van der Waals surface area contributed by atoms with Crippen LogP contribution in [0, 0.1) is 11.3 Å². The Kier molecular flexibility index (Phi) is 1.07. The van der Waals surface area contributed by atoms with Crippen molar-refractivity contribution < 1.29 is 5.11 Å². The Morgan fingerprint density at radius 1 is 1.40 bits per heavy atom. The van der Waals surface area contributed by atoms with Crippen molar-refractivity contribution in [2.45, 2.75) is 19.4 Å². The Labute approximate surface area is 61.1 Å². The molecule has 0 saturated heterocycles. The van der Waals surface area contributed by atoms with Crippen molar-refractivity contribution in [1.82, 2.24) is 0 Å². The Hall–Kier alpha value is -0.560. The van der Waals surface area contributed by atoms with Crippen LogP contribution >= 0.6 is 0 Å². The van der Waals surface area contributed by atoms with Crippen molar-refractivity contribution in [3.63, 3.8) is 0 Å². The van der Waals surface area contributed by atoms with Crippen LogP contribution in [-0.2, 0) is 0 Å². The van der Waals surface area contributed by atoms with Gasteiger partial charge in [-0.1, -0.05) is 31.2 Å². The normalized spacial score (nSPS) is 50.2. The molecule has 0 radical (unpaired) electrons. The summed E-state index contributed by atoms with van der Waals surface area (Å²) in [5, 5.41) is 9.46. The van der Waals surface area contributed by atoms with E-state index in [1.165, 1.54) is 0 Å². The first-order chi connectivity index (χ1) is 4.70. The van der Waals surface area contributed by atoms with Crippen molar-refractivity contribution in [2.75, 3.05) is 0 Å². The molecule has 3 aliphatic carbocycles. The molecule has 0 spiro atoms. The molecule has 0 amide bonds. The van der Waals surface area contributed by atoms with E-state index in [2.05, 4.69) is 31.2 Å². The minimum absolute atomic E-state index is 0.139. The molecule has 0 fully saturated rings. The van der Waals surface area contributed by atoms with E-state index in [-0.39, 0.29) is 11.5 Å². The molecule has 0 heterocycles. The number of rotatable bonds is 0. The maximum Gasteiger partial charge on any atom is 0.0648 e. The zero-order valence-corrected chi connectivity index (χ0v) is 6.12. The van der Waals surface area contributed by atoms with Gasteiger partial charge in [0.1, 0.15) is 0 Å². The van der Waals surface area contributed by atoms with Gasteiger partial charge in [-0.25, -0.2) is 0 Å². The summed E-state index contributed by atoms with van der Waals surface area (Å²) in [5.74, 6) is 0.293. The summed E-state index contributed by atoms with van der Waals surface area (Å²) in [6, 6.07) is 0. The lowest BCUT2D eigenvalue weighted by Crippen LogP contribution is -2.33. The summed E-state index contributed by atoms with van der Waals surface area (Å²) < 4.78 is 0. The first kappa shape index (κ1) is 6.17. The van der Waals surface area contributed by atoms with E-state index in [0.29, 0.717) is 5.92 Å². The van der Waals surface area contributed by atoms with Gasteiger partial charge in [-0.15, -0.1) is 0 Å². The van der Waals surface area contributed by atoms with E-state index in [9.17, 15) is 5.11 Å². The molecule has 3 rings (SSSR count). The summed E-state index contributed by atoms with van der Waals surface area (Å²) >= 11 is 0.